The van der Waals surface area contributed by atoms with E-state index in [2.05, 4.69) is 6.92 Å². The third-order valence-electron chi connectivity index (χ3n) is 3.79. The second-order valence-corrected chi connectivity index (χ2v) is 6.00. The van der Waals surface area contributed by atoms with Crippen molar-refractivity contribution in [3.63, 3.8) is 0 Å². The van der Waals surface area contributed by atoms with Crippen molar-refractivity contribution >= 4 is 23.2 Å². The van der Waals surface area contributed by atoms with E-state index in [1.165, 1.54) is 0 Å². The molecule has 1 aromatic carbocycles. The van der Waals surface area contributed by atoms with Crippen LogP contribution >= 0.6 is 23.2 Å². The Labute approximate surface area is 113 Å². The molecule has 2 atom stereocenters. The first kappa shape index (κ1) is 13.2. The average Bonchev–Trinajstić information content (AvgIpc) is 2.66. The van der Waals surface area contributed by atoms with Crippen molar-refractivity contribution in [2.24, 2.45) is 5.92 Å². The van der Waals surface area contributed by atoms with Crippen LogP contribution in [0.25, 0.3) is 0 Å². The maximum absolute atomic E-state index is 10.6. The summed E-state index contributed by atoms with van der Waals surface area (Å²) in [5, 5.41) is 11.9. The Morgan fingerprint density at radius 1 is 1.41 bits per heavy atom. The highest BCUT2D eigenvalue weighted by Crippen LogP contribution is 2.39. The fourth-order valence-electron chi connectivity index (χ4n) is 2.76. The van der Waals surface area contributed by atoms with Gasteiger partial charge in [-0.3, -0.25) is 0 Å². The number of aliphatic hydroxyl groups is 1. The molecule has 1 fully saturated rings. The molecule has 3 heteroatoms. The molecule has 0 aliphatic heterocycles. The molecule has 17 heavy (non-hydrogen) atoms. The predicted octanol–water partition coefficient (Wildman–Crippen LogP) is 4.48. The van der Waals surface area contributed by atoms with Crippen LogP contribution in [0.5, 0.6) is 0 Å². The highest BCUT2D eigenvalue weighted by molar-refractivity contribution is 6.33. The summed E-state index contributed by atoms with van der Waals surface area (Å²) in [6.45, 7) is 2.18. The average molecular weight is 273 g/mol. The minimum atomic E-state index is -0.588. The van der Waals surface area contributed by atoms with Crippen molar-refractivity contribution in [2.75, 3.05) is 0 Å². The van der Waals surface area contributed by atoms with Crippen LogP contribution in [0, 0.1) is 5.92 Å². The van der Waals surface area contributed by atoms with Crippen LogP contribution in [-0.4, -0.2) is 10.7 Å². The van der Waals surface area contributed by atoms with Gasteiger partial charge in [0.15, 0.2) is 0 Å². The molecule has 0 heterocycles. The molecule has 1 aliphatic carbocycles. The fraction of sp³-hybridized carbons (Fsp3) is 0.571. The lowest BCUT2D eigenvalue weighted by Gasteiger charge is -2.23. The van der Waals surface area contributed by atoms with Crippen LogP contribution in [0.4, 0.5) is 0 Å². The van der Waals surface area contributed by atoms with Crippen LogP contribution < -0.4 is 0 Å². The molecule has 0 bridgehead atoms. The lowest BCUT2D eigenvalue weighted by Crippen LogP contribution is -2.28. The first-order chi connectivity index (χ1) is 8.02. The minimum Gasteiger partial charge on any atom is -0.390 e. The van der Waals surface area contributed by atoms with Crippen molar-refractivity contribution in [1.29, 1.82) is 0 Å². The molecule has 0 amide bonds. The number of benzene rings is 1. The van der Waals surface area contributed by atoms with Gasteiger partial charge < -0.3 is 5.11 Å². The normalized spacial score (nSPS) is 28.6. The summed E-state index contributed by atoms with van der Waals surface area (Å²) in [5.74, 6) is 0.651. The summed E-state index contributed by atoms with van der Waals surface area (Å²) in [7, 11) is 0. The van der Waals surface area contributed by atoms with E-state index >= 15 is 0 Å². The van der Waals surface area contributed by atoms with Crippen LogP contribution in [0.3, 0.4) is 0 Å². The molecule has 2 unspecified atom stereocenters. The van der Waals surface area contributed by atoms with E-state index in [0.717, 1.165) is 31.2 Å². The Morgan fingerprint density at radius 3 is 2.82 bits per heavy atom. The zero-order chi connectivity index (χ0) is 12.5. The first-order valence-corrected chi connectivity index (χ1v) is 6.94. The van der Waals surface area contributed by atoms with Crippen molar-refractivity contribution in [3.05, 3.63) is 33.8 Å². The molecule has 1 nitrogen and oxygen atoms in total. The molecule has 1 aliphatic rings. The molecule has 1 saturated carbocycles. The van der Waals surface area contributed by atoms with Gasteiger partial charge in [0.2, 0.25) is 0 Å². The number of hydrogen-bond acceptors (Lipinski definition) is 1. The van der Waals surface area contributed by atoms with Crippen LogP contribution in [0.15, 0.2) is 18.2 Å². The van der Waals surface area contributed by atoms with Gasteiger partial charge in [0, 0.05) is 16.5 Å². The third-order valence-corrected chi connectivity index (χ3v) is 4.40. The van der Waals surface area contributed by atoms with Crippen LogP contribution in [0.2, 0.25) is 10.0 Å². The Kier molecular flexibility index (Phi) is 4.02. The first-order valence-electron chi connectivity index (χ1n) is 6.19. The van der Waals surface area contributed by atoms with E-state index in [9.17, 15) is 5.11 Å². The van der Waals surface area contributed by atoms with Crippen molar-refractivity contribution in [2.45, 2.75) is 44.6 Å². The third kappa shape index (κ3) is 3.15. The zero-order valence-electron chi connectivity index (χ0n) is 10.0. The molecule has 1 aromatic rings. The van der Waals surface area contributed by atoms with Gasteiger partial charge in [-0.15, -0.1) is 0 Å². The molecule has 0 aromatic heterocycles. The summed E-state index contributed by atoms with van der Waals surface area (Å²) in [5.41, 5.74) is 0.369. The highest BCUT2D eigenvalue weighted by atomic mass is 35.5. The second-order valence-electron chi connectivity index (χ2n) is 5.15. The topological polar surface area (TPSA) is 20.2 Å². The molecule has 0 spiro atoms. The molecule has 2 rings (SSSR count). The van der Waals surface area contributed by atoms with Crippen LogP contribution in [0.1, 0.15) is 38.2 Å². The highest BCUT2D eigenvalue weighted by Gasteiger charge is 2.36. The summed E-state index contributed by atoms with van der Waals surface area (Å²) in [4.78, 5) is 0. The van der Waals surface area contributed by atoms with Gasteiger partial charge in [-0.05, 0) is 48.9 Å². The summed E-state index contributed by atoms with van der Waals surface area (Å²) in [6, 6.07) is 5.44. The zero-order valence-corrected chi connectivity index (χ0v) is 11.6. The predicted molar refractivity (Wildman–Crippen MR) is 72.7 cm³/mol. The fourth-order valence-corrected chi connectivity index (χ4v) is 3.14. The van der Waals surface area contributed by atoms with Crippen molar-refractivity contribution in [1.82, 2.24) is 0 Å². The van der Waals surface area contributed by atoms with E-state index in [1.54, 1.807) is 12.1 Å². The van der Waals surface area contributed by atoms with Gasteiger partial charge in [0.1, 0.15) is 0 Å². The quantitative estimate of drug-likeness (QED) is 0.861. The summed E-state index contributed by atoms with van der Waals surface area (Å²) >= 11 is 12.1. The second kappa shape index (κ2) is 5.17. The Bertz CT molecular complexity index is 405. The Balaban J connectivity index is 2.13. The Morgan fingerprint density at radius 2 is 2.18 bits per heavy atom. The van der Waals surface area contributed by atoms with Crippen LogP contribution in [-0.2, 0) is 6.42 Å². The van der Waals surface area contributed by atoms with E-state index in [-0.39, 0.29) is 0 Å². The van der Waals surface area contributed by atoms with Gasteiger partial charge >= 0.3 is 0 Å². The lowest BCUT2D eigenvalue weighted by atomic mass is 9.91. The Hall–Kier alpha value is -0.240. The number of halogens is 2. The molecular weight excluding hydrogens is 255 g/mol. The molecule has 94 valence electrons. The van der Waals surface area contributed by atoms with Gasteiger partial charge in [-0.2, -0.15) is 0 Å². The standard InChI is InChI=1S/C14H18Cl2O/c1-2-10-5-6-14(17,8-10)9-11-7-12(15)3-4-13(11)16/h3-4,7,10,17H,2,5-6,8-9H2,1H3. The van der Waals surface area contributed by atoms with Gasteiger partial charge in [0.25, 0.3) is 0 Å². The maximum atomic E-state index is 10.6. The summed E-state index contributed by atoms with van der Waals surface area (Å²) in [6.07, 6.45) is 4.63. The largest absolute Gasteiger partial charge is 0.390 e. The molecule has 0 radical (unpaired) electrons. The SMILES string of the molecule is CCC1CCC(O)(Cc2cc(Cl)ccc2Cl)C1. The van der Waals surface area contributed by atoms with E-state index in [0.29, 0.717) is 22.4 Å². The van der Waals surface area contributed by atoms with E-state index in [4.69, 9.17) is 23.2 Å². The smallest absolute Gasteiger partial charge is 0.0691 e. The minimum absolute atomic E-state index is 0.588. The van der Waals surface area contributed by atoms with Gasteiger partial charge in [-0.1, -0.05) is 36.5 Å². The maximum Gasteiger partial charge on any atom is 0.0691 e. The van der Waals surface area contributed by atoms with Crippen molar-refractivity contribution in [3.8, 4) is 0 Å². The lowest BCUT2D eigenvalue weighted by molar-refractivity contribution is 0.0437. The number of rotatable bonds is 3. The van der Waals surface area contributed by atoms with E-state index < -0.39 is 5.60 Å². The van der Waals surface area contributed by atoms with Crippen molar-refractivity contribution < 1.29 is 5.11 Å². The number of hydrogen-bond donors (Lipinski definition) is 1. The summed E-state index contributed by atoms with van der Waals surface area (Å²) < 4.78 is 0. The molecule has 1 N–H and O–H groups in total. The van der Waals surface area contributed by atoms with Gasteiger partial charge in [0.05, 0.1) is 5.60 Å². The molecule has 0 saturated heterocycles. The molecular formula is C14H18Cl2O. The monoisotopic (exact) mass is 272 g/mol. The van der Waals surface area contributed by atoms with Gasteiger partial charge in [-0.25, -0.2) is 0 Å². The van der Waals surface area contributed by atoms with E-state index in [1.807, 2.05) is 6.07 Å².